The number of hydrogen-bond donors (Lipinski definition) is 4. The number of benzene rings is 2. The van der Waals surface area contributed by atoms with Crippen molar-refractivity contribution in [3.63, 3.8) is 0 Å². The smallest absolute Gasteiger partial charge is 0.423 e. The van der Waals surface area contributed by atoms with Crippen LogP contribution in [0.4, 0.5) is 0 Å². The molecule has 0 bridgehead atoms. The summed E-state index contributed by atoms with van der Waals surface area (Å²) in [5.74, 6) is 0. The number of nitrogens with two attached hydrogens (primary N) is 2. The van der Waals surface area contributed by atoms with Crippen LogP contribution < -0.4 is 22.4 Å². The highest BCUT2D eigenvalue weighted by atomic mass is 35.5. The normalized spacial score (nSPS) is 13.7. The van der Waals surface area contributed by atoms with E-state index in [4.69, 9.17) is 53.7 Å². The van der Waals surface area contributed by atoms with Crippen LogP contribution in [0.2, 0.25) is 10.0 Å². The van der Waals surface area contributed by atoms with Gasteiger partial charge in [-0.05, 0) is 72.2 Å². The van der Waals surface area contributed by atoms with Gasteiger partial charge in [0.05, 0.1) is 13.2 Å². The number of aliphatic hydroxyl groups excluding tert-OH is 1. The third-order valence-electron chi connectivity index (χ3n) is 4.50. The average molecular weight is 469 g/mol. The van der Waals surface area contributed by atoms with E-state index in [0.29, 0.717) is 37.9 Å². The Morgan fingerprint density at radius 2 is 1.48 bits per heavy atom. The van der Waals surface area contributed by atoms with Gasteiger partial charge in [0.1, 0.15) is 0 Å². The largest absolute Gasteiger partial charge is 0.494 e. The highest BCUT2D eigenvalue weighted by Gasteiger charge is 2.30. The second-order valence-electron chi connectivity index (χ2n) is 6.87. The molecule has 2 aromatic carbocycles. The fourth-order valence-corrected chi connectivity index (χ4v) is 3.28. The van der Waals surface area contributed by atoms with Crippen LogP contribution in [0.15, 0.2) is 36.4 Å². The summed E-state index contributed by atoms with van der Waals surface area (Å²) in [6.07, 6.45) is 1.57. The Balaban J connectivity index is 0.000000187. The summed E-state index contributed by atoms with van der Waals surface area (Å²) in [5.41, 5.74) is 14.4. The Kier molecular flexibility index (Phi) is 11.9. The molecule has 0 atom stereocenters. The zero-order valence-corrected chi connectivity index (χ0v) is 18.8. The zero-order chi connectivity index (χ0) is 22.6. The zero-order valence-electron chi connectivity index (χ0n) is 17.3. The van der Waals surface area contributed by atoms with Crippen molar-refractivity contribution in [2.75, 3.05) is 26.3 Å². The Bertz CT molecular complexity index is 817. The van der Waals surface area contributed by atoms with Crippen molar-refractivity contribution in [2.45, 2.75) is 26.1 Å². The molecule has 0 radical (unpaired) electrons. The second-order valence-corrected chi connectivity index (χ2v) is 7.74. The van der Waals surface area contributed by atoms with Crippen LogP contribution in [0.25, 0.3) is 0 Å². The molecule has 168 valence electrons. The summed E-state index contributed by atoms with van der Waals surface area (Å²) in [6, 6.07) is 11.1. The van der Waals surface area contributed by atoms with Gasteiger partial charge < -0.3 is 35.6 Å². The molecule has 2 aromatic rings. The highest BCUT2D eigenvalue weighted by Crippen LogP contribution is 2.17. The topological polar surface area (TPSA) is 120 Å². The molecule has 2 aliphatic rings. The van der Waals surface area contributed by atoms with Gasteiger partial charge in [-0.3, -0.25) is 0 Å². The Morgan fingerprint density at radius 1 is 0.903 bits per heavy atom. The van der Waals surface area contributed by atoms with E-state index >= 15 is 0 Å². The van der Waals surface area contributed by atoms with E-state index in [2.05, 4.69) is 0 Å². The first-order valence-corrected chi connectivity index (χ1v) is 10.9. The van der Waals surface area contributed by atoms with Gasteiger partial charge >= 0.3 is 14.2 Å². The van der Waals surface area contributed by atoms with Crippen molar-refractivity contribution in [1.82, 2.24) is 0 Å². The lowest BCUT2D eigenvalue weighted by atomic mass is 9.79. The molecule has 6 N–H and O–H groups in total. The average Bonchev–Trinajstić information content (AvgIpc) is 3.32. The van der Waals surface area contributed by atoms with Crippen molar-refractivity contribution in [2.24, 2.45) is 11.5 Å². The summed E-state index contributed by atoms with van der Waals surface area (Å²) in [5, 5.41) is 18.6. The van der Waals surface area contributed by atoms with Gasteiger partial charge in [-0.15, -0.1) is 0 Å². The van der Waals surface area contributed by atoms with E-state index in [9.17, 15) is 5.02 Å². The minimum Gasteiger partial charge on any atom is -0.423 e. The first-order valence-electron chi connectivity index (χ1n) is 10.1. The minimum absolute atomic E-state index is 0.219. The lowest BCUT2D eigenvalue weighted by Crippen LogP contribution is -2.32. The van der Waals surface area contributed by atoms with Gasteiger partial charge in [-0.1, -0.05) is 35.3 Å². The van der Waals surface area contributed by atoms with Gasteiger partial charge in [0, 0.05) is 23.3 Å². The molecule has 7 nitrogen and oxygen atoms in total. The molecule has 0 unspecified atom stereocenters. The molecule has 0 fully saturated rings. The maximum Gasteiger partial charge on any atom is 0.494 e. The fraction of sp³-hybridized carbons (Fsp3) is 0.400. The Labute approximate surface area is 193 Å². The van der Waals surface area contributed by atoms with E-state index in [1.807, 2.05) is 24.3 Å². The molecule has 4 rings (SSSR count). The van der Waals surface area contributed by atoms with Crippen molar-refractivity contribution >= 4 is 48.4 Å². The van der Waals surface area contributed by atoms with Crippen LogP contribution in [0, 0.1) is 0 Å². The highest BCUT2D eigenvalue weighted by molar-refractivity contribution is 6.63. The van der Waals surface area contributed by atoms with Crippen LogP contribution >= 0.6 is 23.2 Å². The van der Waals surface area contributed by atoms with Gasteiger partial charge in [0.15, 0.2) is 0 Å². The summed E-state index contributed by atoms with van der Waals surface area (Å²) in [6.45, 7) is 3.11. The summed E-state index contributed by atoms with van der Waals surface area (Å²) < 4.78 is 16.0. The Hall–Kier alpha value is -1.13. The maximum atomic E-state index is 9.21. The van der Waals surface area contributed by atoms with Crippen LogP contribution in [0.5, 0.6) is 0 Å². The van der Waals surface area contributed by atoms with Crippen LogP contribution in [-0.4, -0.2) is 50.7 Å². The molecule has 0 saturated heterocycles. The maximum absolute atomic E-state index is 9.21. The fourth-order valence-electron chi connectivity index (χ4n) is 2.89. The molecule has 2 heterocycles. The Morgan fingerprint density at radius 3 is 2.06 bits per heavy atom. The van der Waals surface area contributed by atoms with E-state index in [-0.39, 0.29) is 13.7 Å². The summed E-state index contributed by atoms with van der Waals surface area (Å²) in [7, 11) is -1.01. The lowest BCUT2D eigenvalue weighted by molar-refractivity contribution is 0.210. The molecule has 31 heavy (non-hydrogen) atoms. The number of hydrogen-bond acceptors (Lipinski definition) is 7. The molecule has 0 saturated carbocycles. The van der Waals surface area contributed by atoms with Crippen molar-refractivity contribution in [3.05, 3.63) is 57.6 Å². The molecule has 0 amide bonds. The monoisotopic (exact) mass is 468 g/mol. The molecule has 0 spiro atoms. The summed E-state index contributed by atoms with van der Waals surface area (Å²) >= 11 is 11.6. The van der Waals surface area contributed by atoms with Crippen molar-refractivity contribution < 1.29 is 24.1 Å². The molecule has 11 heteroatoms. The van der Waals surface area contributed by atoms with Gasteiger partial charge in [-0.25, -0.2) is 0 Å². The number of fused-ring (bicyclic) bond motifs is 2. The second kappa shape index (κ2) is 14.1. The van der Waals surface area contributed by atoms with Crippen molar-refractivity contribution in [1.29, 1.82) is 0 Å². The molecular weight excluding hydrogens is 441 g/mol. The summed E-state index contributed by atoms with van der Waals surface area (Å²) in [4.78, 5) is 0. The minimum atomic E-state index is -0.762. The molecule has 2 aliphatic heterocycles. The third-order valence-corrected chi connectivity index (χ3v) is 4.97. The number of rotatable bonds is 6. The van der Waals surface area contributed by atoms with Gasteiger partial charge in [-0.2, -0.15) is 0 Å². The standard InChI is InChI=1S/C10H13BClNO2.C7H6BClO2.C3H9NO/c12-9-2-3-10-8(6-9)7-15-11(10)14-5-1-4-13;9-6-1-2-7-5(3-6)4-11-8(7)10;4-2-1-3-5/h2-3,6H,1,4-5,7,13H2;1-3,10H,4H2;5H,1-4H2. The van der Waals surface area contributed by atoms with Crippen LogP contribution in [0.3, 0.4) is 0 Å². The lowest BCUT2D eigenvalue weighted by Gasteiger charge is -2.07. The van der Waals surface area contributed by atoms with E-state index in [1.54, 1.807) is 12.1 Å². The van der Waals surface area contributed by atoms with Crippen LogP contribution in [0.1, 0.15) is 24.0 Å². The first kappa shape index (κ1) is 26.1. The quantitative estimate of drug-likeness (QED) is 0.366. The van der Waals surface area contributed by atoms with E-state index in [1.165, 1.54) is 0 Å². The van der Waals surface area contributed by atoms with Crippen molar-refractivity contribution in [3.8, 4) is 0 Å². The van der Waals surface area contributed by atoms with Gasteiger partial charge in [0.2, 0.25) is 0 Å². The molecule has 0 aromatic heterocycles. The number of aliphatic hydroxyl groups is 1. The molecular formula is C20H28B2Cl2N2O5. The van der Waals surface area contributed by atoms with E-state index < -0.39 is 7.12 Å². The van der Waals surface area contributed by atoms with Crippen LogP contribution in [-0.2, 0) is 27.2 Å². The van der Waals surface area contributed by atoms with E-state index in [0.717, 1.165) is 39.9 Å². The van der Waals surface area contributed by atoms with Gasteiger partial charge in [0.25, 0.3) is 0 Å². The SMILES string of the molecule is NCCCO.NCCCOB1OCc2cc(Cl)ccc21.OB1OCc2cc(Cl)ccc21. The first-order chi connectivity index (χ1) is 15.0. The number of halogens is 2. The molecule has 0 aliphatic carbocycles. The predicted molar refractivity (Wildman–Crippen MR) is 126 cm³/mol. The predicted octanol–water partition coefficient (Wildman–Crippen LogP) is 0.816. The third kappa shape index (κ3) is 8.38.